The monoisotopic (exact) mass is 262 g/mol. The van der Waals surface area contributed by atoms with Crippen LogP contribution < -0.4 is 11.1 Å². The van der Waals surface area contributed by atoms with Crippen LogP contribution in [0.15, 0.2) is 24.3 Å². The molecule has 0 bridgehead atoms. The first-order chi connectivity index (χ1) is 9.22. The van der Waals surface area contributed by atoms with Crippen LogP contribution in [-0.4, -0.2) is 19.1 Å². The Balaban J connectivity index is 2.05. The largest absolute Gasteiger partial charge is 0.380 e. The number of rotatable bonds is 4. The number of nitrogens with two attached hydrogens (primary N) is 1. The summed E-state index contributed by atoms with van der Waals surface area (Å²) in [7, 11) is 1.65. The quantitative estimate of drug-likeness (QED) is 0.875. The summed E-state index contributed by atoms with van der Waals surface area (Å²) >= 11 is 0. The van der Waals surface area contributed by atoms with Crippen molar-refractivity contribution in [2.24, 2.45) is 11.7 Å². The van der Waals surface area contributed by atoms with Gasteiger partial charge in [0.25, 0.3) is 0 Å². The molecule has 1 saturated carbocycles. The summed E-state index contributed by atoms with van der Waals surface area (Å²) in [6, 6.07) is 7.70. The Kier molecular flexibility index (Phi) is 4.93. The summed E-state index contributed by atoms with van der Waals surface area (Å²) in [5, 5.41) is 3.00. The smallest absolute Gasteiger partial charge is 0.229 e. The van der Waals surface area contributed by atoms with Crippen molar-refractivity contribution in [2.45, 2.75) is 38.3 Å². The van der Waals surface area contributed by atoms with E-state index in [2.05, 4.69) is 5.32 Å². The second-order valence-corrected chi connectivity index (χ2v) is 5.13. The van der Waals surface area contributed by atoms with Gasteiger partial charge in [0, 0.05) is 24.4 Å². The second-order valence-electron chi connectivity index (χ2n) is 5.13. The summed E-state index contributed by atoms with van der Waals surface area (Å²) in [5.41, 5.74) is 7.86. The maximum atomic E-state index is 12.3. The minimum atomic E-state index is -0.0654. The fraction of sp³-hybridized carbons (Fsp3) is 0.533. The molecule has 19 heavy (non-hydrogen) atoms. The number of anilines is 1. The van der Waals surface area contributed by atoms with Crippen LogP contribution in [0.25, 0.3) is 0 Å². The van der Waals surface area contributed by atoms with E-state index in [1.807, 2.05) is 24.3 Å². The number of para-hydroxylation sites is 1. The summed E-state index contributed by atoms with van der Waals surface area (Å²) in [5.74, 6) is -0.0277. The molecule has 2 unspecified atom stereocenters. The molecule has 4 nitrogen and oxygen atoms in total. The van der Waals surface area contributed by atoms with Crippen LogP contribution in [-0.2, 0) is 16.1 Å². The average molecular weight is 262 g/mol. The first kappa shape index (κ1) is 14.0. The Labute approximate surface area is 114 Å². The van der Waals surface area contributed by atoms with Gasteiger partial charge in [0.15, 0.2) is 0 Å². The zero-order chi connectivity index (χ0) is 13.7. The minimum absolute atomic E-state index is 0.0108. The lowest BCUT2D eigenvalue weighted by Gasteiger charge is -2.27. The normalized spacial score (nSPS) is 23.1. The lowest BCUT2D eigenvalue weighted by atomic mass is 9.84. The van der Waals surface area contributed by atoms with Crippen molar-refractivity contribution >= 4 is 11.6 Å². The van der Waals surface area contributed by atoms with E-state index >= 15 is 0 Å². The molecule has 1 aliphatic rings. The van der Waals surface area contributed by atoms with Gasteiger partial charge in [0.2, 0.25) is 5.91 Å². The highest BCUT2D eigenvalue weighted by Crippen LogP contribution is 2.25. The van der Waals surface area contributed by atoms with Gasteiger partial charge in [-0.3, -0.25) is 4.79 Å². The topological polar surface area (TPSA) is 64.3 Å². The van der Waals surface area contributed by atoms with E-state index in [0.717, 1.165) is 36.9 Å². The van der Waals surface area contributed by atoms with Gasteiger partial charge in [-0.15, -0.1) is 0 Å². The molecule has 1 aromatic rings. The molecule has 1 aliphatic carbocycles. The highest BCUT2D eigenvalue weighted by Gasteiger charge is 2.28. The van der Waals surface area contributed by atoms with Crippen LogP contribution in [0.5, 0.6) is 0 Å². The molecule has 1 fully saturated rings. The predicted molar refractivity (Wildman–Crippen MR) is 75.7 cm³/mol. The summed E-state index contributed by atoms with van der Waals surface area (Å²) < 4.78 is 5.14. The highest BCUT2D eigenvalue weighted by molar-refractivity contribution is 5.93. The molecular weight excluding hydrogens is 240 g/mol. The molecule has 104 valence electrons. The molecule has 4 heteroatoms. The number of amides is 1. The maximum absolute atomic E-state index is 12.3. The molecule has 0 heterocycles. The van der Waals surface area contributed by atoms with E-state index in [1.54, 1.807) is 7.11 Å². The fourth-order valence-corrected chi connectivity index (χ4v) is 2.63. The number of carbonyl (C=O) groups excluding carboxylic acids is 1. The standard InChI is InChI=1S/C15H22N2O2/c1-19-10-11-6-2-5-9-14(11)17-15(18)12-7-3-4-8-13(12)16/h2,5-6,9,12-13H,3-4,7-8,10,16H2,1H3,(H,17,18). The first-order valence-corrected chi connectivity index (χ1v) is 6.85. The number of hydrogen-bond acceptors (Lipinski definition) is 3. The molecule has 1 aromatic carbocycles. The Bertz CT molecular complexity index is 434. The van der Waals surface area contributed by atoms with E-state index in [9.17, 15) is 4.79 Å². The first-order valence-electron chi connectivity index (χ1n) is 6.85. The summed E-state index contributed by atoms with van der Waals surface area (Å²) in [4.78, 5) is 12.3. The van der Waals surface area contributed by atoms with Crippen LogP contribution in [0.2, 0.25) is 0 Å². The Hall–Kier alpha value is -1.39. The molecular formula is C15H22N2O2. The van der Waals surface area contributed by atoms with Crippen LogP contribution >= 0.6 is 0 Å². The molecule has 0 aromatic heterocycles. The van der Waals surface area contributed by atoms with Crippen molar-refractivity contribution in [1.29, 1.82) is 0 Å². The maximum Gasteiger partial charge on any atom is 0.229 e. The van der Waals surface area contributed by atoms with E-state index in [-0.39, 0.29) is 17.9 Å². The Morgan fingerprint density at radius 1 is 1.37 bits per heavy atom. The van der Waals surface area contributed by atoms with Crippen molar-refractivity contribution in [1.82, 2.24) is 0 Å². The summed E-state index contributed by atoms with van der Waals surface area (Å²) in [6.07, 6.45) is 4.05. The average Bonchev–Trinajstić information content (AvgIpc) is 2.41. The molecule has 0 saturated heterocycles. The SMILES string of the molecule is COCc1ccccc1NC(=O)C1CCCCC1N. The van der Waals surface area contributed by atoms with E-state index in [4.69, 9.17) is 10.5 Å². The number of methoxy groups -OCH3 is 1. The van der Waals surface area contributed by atoms with Crippen molar-refractivity contribution in [3.8, 4) is 0 Å². The van der Waals surface area contributed by atoms with E-state index < -0.39 is 0 Å². The molecule has 2 atom stereocenters. The van der Waals surface area contributed by atoms with Gasteiger partial charge in [0.05, 0.1) is 12.5 Å². The zero-order valence-electron chi connectivity index (χ0n) is 11.4. The van der Waals surface area contributed by atoms with E-state index in [1.165, 1.54) is 0 Å². The number of ether oxygens (including phenoxy) is 1. The highest BCUT2D eigenvalue weighted by atomic mass is 16.5. The van der Waals surface area contributed by atoms with Gasteiger partial charge in [-0.2, -0.15) is 0 Å². The predicted octanol–water partition coefficient (Wildman–Crippen LogP) is 2.29. The Morgan fingerprint density at radius 2 is 2.11 bits per heavy atom. The minimum Gasteiger partial charge on any atom is -0.380 e. The van der Waals surface area contributed by atoms with Gasteiger partial charge in [-0.1, -0.05) is 31.0 Å². The van der Waals surface area contributed by atoms with E-state index in [0.29, 0.717) is 6.61 Å². The Morgan fingerprint density at radius 3 is 2.84 bits per heavy atom. The van der Waals surface area contributed by atoms with Crippen molar-refractivity contribution in [2.75, 3.05) is 12.4 Å². The van der Waals surface area contributed by atoms with Gasteiger partial charge < -0.3 is 15.8 Å². The third-order valence-corrected chi connectivity index (χ3v) is 3.73. The second kappa shape index (κ2) is 6.68. The van der Waals surface area contributed by atoms with Crippen molar-refractivity contribution in [3.05, 3.63) is 29.8 Å². The number of benzene rings is 1. The van der Waals surface area contributed by atoms with Crippen LogP contribution in [0, 0.1) is 5.92 Å². The zero-order valence-corrected chi connectivity index (χ0v) is 11.4. The van der Waals surface area contributed by atoms with Crippen LogP contribution in [0.1, 0.15) is 31.2 Å². The van der Waals surface area contributed by atoms with Crippen molar-refractivity contribution in [3.63, 3.8) is 0 Å². The molecule has 0 radical (unpaired) electrons. The third kappa shape index (κ3) is 3.55. The van der Waals surface area contributed by atoms with Crippen LogP contribution in [0.3, 0.4) is 0 Å². The lowest BCUT2D eigenvalue weighted by molar-refractivity contribution is -0.121. The van der Waals surface area contributed by atoms with Gasteiger partial charge in [0.1, 0.15) is 0 Å². The van der Waals surface area contributed by atoms with Gasteiger partial charge in [-0.05, 0) is 18.9 Å². The van der Waals surface area contributed by atoms with Crippen molar-refractivity contribution < 1.29 is 9.53 Å². The number of carbonyl (C=O) groups is 1. The third-order valence-electron chi connectivity index (χ3n) is 3.73. The number of nitrogens with one attached hydrogen (secondary N) is 1. The summed E-state index contributed by atoms with van der Waals surface area (Å²) in [6.45, 7) is 0.493. The fourth-order valence-electron chi connectivity index (χ4n) is 2.63. The molecule has 0 spiro atoms. The molecule has 2 rings (SSSR count). The molecule has 0 aliphatic heterocycles. The van der Waals surface area contributed by atoms with Gasteiger partial charge in [-0.25, -0.2) is 0 Å². The van der Waals surface area contributed by atoms with Gasteiger partial charge >= 0.3 is 0 Å². The lowest BCUT2D eigenvalue weighted by Crippen LogP contribution is -2.40. The van der Waals surface area contributed by atoms with Crippen LogP contribution in [0.4, 0.5) is 5.69 Å². The number of hydrogen-bond donors (Lipinski definition) is 2. The molecule has 1 amide bonds. The molecule has 3 N–H and O–H groups in total.